The summed E-state index contributed by atoms with van der Waals surface area (Å²) in [6.07, 6.45) is 0. The minimum Gasteiger partial charge on any atom is -0.461 e. The summed E-state index contributed by atoms with van der Waals surface area (Å²) in [5.74, 6) is -0.873. The predicted octanol–water partition coefficient (Wildman–Crippen LogP) is 4.44. The SMILES string of the molecule is CCOC(=O)c1[nH]nc(/C(=N/NC(=O)c2ccccc2)c2ccccc2)c1-c1ccccc1. The number of esters is 1. The van der Waals surface area contributed by atoms with E-state index in [0.717, 1.165) is 11.1 Å². The summed E-state index contributed by atoms with van der Waals surface area (Å²) in [6, 6.07) is 27.5. The van der Waals surface area contributed by atoms with Crippen molar-refractivity contribution >= 4 is 17.6 Å². The maximum absolute atomic E-state index is 12.7. The molecule has 0 fully saturated rings. The van der Waals surface area contributed by atoms with Crippen LogP contribution in [0, 0.1) is 0 Å². The number of hydrogen-bond acceptors (Lipinski definition) is 5. The van der Waals surface area contributed by atoms with Crippen molar-refractivity contribution in [3.05, 3.63) is 114 Å². The van der Waals surface area contributed by atoms with Gasteiger partial charge in [0, 0.05) is 16.7 Å². The third-order valence-corrected chi connectivity index (χ3v) is 4.89. The first-order valence-electron chi connectivity index (χ1n) is 10.5. The van der Waals surface area contributed by atoms with E-state index in [4.69, 9.17) is 4.74 Å². The van der Waals surface area contributed by atoms with E-state index in [2.05, 4.69) is 20.7 Å². The maximum atomic E-state index is 12.7. The average Bonchev–Trinajstić information content (AvgIpc) is 3.31. The zero-order chi connectivity index (χ0) is 23.0. The van der Waals surface area contributed by atoms with E-state index in [9.17, 15) is 9.59 Å². The van der Waals surface area contributed by atoms with Crippen LogP contribution in [0.5, 0.6) is 0 Å². The first kappa shape index (κ1) is 21.7. The van der Waals surface area contributed by atoms with Gasteiger partial charge >= 0.3 is 5.97 Å². The van der Waals surface area contributed by atoms with Crippen LogP contribution in [0.4, 0.5) is 0 Å². The summed E-state index contributed by atoms with van der Waals surface area (Å²) < 4.78 is 5.23. The summed E-state index contributed by atoms with van der Waals surface area (Å²) in [5.41, 5.74) is 6.18. The topological polar surface area (TPSA) is 96.4 Å². The van der Waals surface area contributed by atoms with Gasteiger partial charge in [-0.1, -0.05) is 78.9 Å². The molecule has 1 heterocycles. The van der Waals surface area contributed by atoms with Gasteiger partial charge in [0.05, 0.1) is 6.61 Å². The normalized spacial score (nSPS) is 11.1. The molecule has 4 aromatic rings. The monoisotopic (exact) mass is 438 g/mol. The highest BCUT2D eigenvalue weighted by atomic mass is 16.5. The summed E-state index contributed by atoms with van der Waals surface area (Å²) in [6.45, 7) is 1.97. The molecule has 0 aliphatic rings. The number of nitrogens with zero attached hydrogens (tertiary/aromatic N) is 2. The van der Waals surface area contributed by atoms with Crippen molar-refractivity contribution in [2.75, 3.05) is 6.61 Å². The average molecular weight is 438 g/mol. The van der Waals surface area contributed by atoms with Crippen molar-refractivity contribution in [3.8, 4) is 11.1 Å². The number of ether oxygens (including phenoxy) is 1. The lowest BCUT2D eigenvalue weighted by Gasteiger charge is -2.10. The second-order valence-electron chi connectivity index (χ2n) is 7.04. The standard InChI is InChI=1S/C26H22N4O3/c1-2-33-26(32)24-21(18-12-6-3-7-13-18)23(28-29-24)22(19-14-8-4-9-15-19)27-30-25(31)20-16-10-5-11-17-20/h3-17H,2H2,1H3,(H,28,29)(H,30,31)/b27-22+. The Morgan fingerprint density at radius 2 is 1.45 bits per heavy atom. The Hall–Kier alpha value is -4.52. The first-order valence-corrected chi connectivity index (χ1v) is 10.5. The predicted molar refractivity (Wildman–Crippen MR) is 126 cm³/mol. The number of benzene rings is 3. The van der Waals surface area contributed by atoms with Crippen molar-refractivity contribution < 1.29 is 14.3 Å². The first-order chi connectivity index (χ1) is 16.2. The van der Waals surface area contributed by atoms with Gasteiger partial charge < -0.3 is 4.74 Å². The summed E-state index contributed by atoms with van der Waals surface area (Å²) in [7, 11) is 0. The van der Waals surface area contributed by atoms with Crippen molar-refractivity contribution in [1.29, 1.82) is 0 Å². The Morgan fingerprint density at radius 1 is 0.879 bits per heavy atom. The fourth-order valence-corrected chi connectivity index (χ4v) is 3.36. The Labute approximate surface area is 191 Å². The zero-order valence-corrected chi connectivity index (χ0v) is 18.0. The summed E-state index contributed by atoms with van der Waals surface area (Å²) >= 11 is 0. The molecular weight excluding hydrogens is 416 g/mol. The molecule has 0 unspecified atom stereocenters. The number of carbonyl (C=O) groups excluding carboxylic acids is 2. The highest BCUT2D eigenvalue weighted by Gasteiger charge is 2.25. The molecule has 1 aromatic heterocycles. The summed E-state index contributed by atoms with van der Waals surface area (Å²) in [4.78, 5) is 25.3. The number of aromatic nitrogens is 2. The number of amides is 1. The molecule has 1 amide bonds. The van der Waals surface area contributed by atoms with Gasteiger partial charge in [0.1, 0.15) is 11.4 Å². The molecule has 2 N–H and O–H groups in total. The van der Waals surface area contributed by atoms with Crippen molar-refractivity contribution in [2.24, 2.45) is 5.10 Å². The van der Waals surface area contributed by atoms with E-state index in [1.54, 1.807) is 31.2 Å². The number of hydrazone groups is 1. The van der Waals surface area contributed by atoms with Gasteiger partial charge in [0.15, 0.2) is 5.69 Å². The molecule has 0 aliphatic heterocycles. The van der Waals surface area contributed by atoms with Gasteiger partial charge in [0.25, 0.3) is 5.91 Å². The maximum Gasteiger partial charge on any atom is 0.357 e. The molecule has 0 bridgehead atoms. The minimum absolute atomic E-state index is 0.219. The van der Waals surface area contributed by atoms with Crippen molar-refractivity contribution in [1.82, 2.24) is 15.6 Å². The third kappa shape index (κ3) is 4.88. The Kier molecular flexibility index (Phi) is 6.70. The second-order valence-corrected chi connectivity index (χ2v) is 7.04. The van der Waals surface area contributed by atoms with Crippen LogP contribution in [-0.2, 0) is 4.74 Å². The van der Waals surface area contributed by atoms with Gasteiger partial charge in [0.2, 0.25) is 0 Å². The highest BCUT2D eigenvalue weighted by molar-refractivity contribution is 6.17. The van der Waals surface area contributed by atoms with E-state index >= 15 is 0 Å². The van der Waals surface area contributed by atoms with Gasteiger partial charge in [-0.25, -0.2) is 10.2 Å². The van der Waals surface area contributed by atoms with Gasteiger partial charge in [-0.2, -0.15) is 10.2 Å². The number of H-pyrrole nitrogens is 1. The van der Waals surface area contributed by atoms with Gasteiger partial charge in [-0.15, -0.1) is 0 Å². The fourth-order valence-electron chi connectivity index (χ4n) is 3.36. The largest absolute Gasteiger partial charge is 0.461 e. The molecule has 0 saturated carbocycles. The van der Waals surface area contributed by atoms with Crippen LogP contribution in [0.3, 0.4) is 0 Å². The highest BCUT2D eigenvalue weighted by Crippen LogP contribution is 2.28. The molecule has 0 spiro atoms. The lowest BCUT2D eigenvalue weighted by molar-refractivity contribution is 0.0520. The molecule has 0 atom stereocenters. The minimum atomic E-state index is -0.518. The van der Waals surface area contributed by atoms with Crippen molar-refractivity contribution in [3.63, 3.8) is 0 Å². The molecule has 33 heavy (non-hydrogen) atoms. The number of aromatic amines is 1. The lowest BCUT2D eigenvalue weighted by atomic mass is 9.97. The van der Waals surface area contributed by atoms with Gasteiger partial charge in [-0.05, 0) is 24.6 Å². The summed E-state index contributed by atoms with van der Waals surface area (Å²) in [5, 5.41) is 11.7. The van der Waals surface area contributed by atoms with Crippen LogP contribution in [0.1, 0.15) is 39.0 Å². The van der Waals surface area contributed by atoms with Crippen LogP contribution in [-0.4, -0.2) is 34.4 Å². The smallest absolute Gasteiger partial charge is 0.357 e. The zero-order valence-electron chi connectivity index (χ0n) is 18.0. The van der Waals surface area contributed by atoms with Crippen LogP contribution in [0.15, 0.2) is 96.1 Å². The molecule has 4 rings (SSSR count). The molecular formula is C26H22N4O3. The lowest BCUT2D eigenvalue weighted by Crippen LogP contribution is -2.21. The second kappa shape index (κ2) is 10.2. The van der Waals surface area contributed by atoms with E-state index in [-0.39, 0.29) is 18.2 Å². The van der Waals surface area contributed by atoms with E-state index in [0.29, 0.717) is 22.5 Å². The van der Waals surface area contributed by atoms with Crippen LogP contribution >= 0.6 is 0 Å². The molecule has 0 aliphatic carbocycles. The Morgan fingerprint density at radius 3 is 2.06 bits per heavy atom. The van der Waals surface area contributed by atoms with Crippen LogP contribution in [0.25, 0.3) is 11.1 Å². The van der Waals surface area contributed by atoms with E-state index < -0.39 is 5.97 Å². The number of hydrogen-bond donors (Lipinski definition) is 2. The number of nitrogens with one attached hydrogen (secondary N) is 2. The molecule has 0 radical (unpaired) electrons. The van der Waals surface area contributed by atoms with Gasteiger partial charge in [-0.3, -0.25) is 9.89 Å². The Bertz CT molecular complexity index is 1270. The Balaban J connectivity index is 1.84. The quantitative estimate of drug-likeness (QED) is 0.253. The fraction of sp³-hybridized carbons (Fsp3) is 0.0769. The molecule has 164 valence electrons. The van der Waals surface area contributed by atoms with E-state index in [1.165, 1.54) is 0 Å². The molecule has 7 nitrogen and oxygen atoms in total. The number of rotatable bonds is 7. The van der Waals surface area contributed by atoms with Crippen LogP contribution in [0.2, 0.25) is 0 Å². The van der Waals surface area contributed by atoms with Crippen LogP contribution < -0.4 is 5.43 Å². The molecule has 7 heteroatoms. The third-order valence-electron chi connectivity index (χ3n) is 4.89. The van der Waals surface area contributed by atoms with Crippen molar-refractivity contribution in [2.45, 2.75) is 6.92 Å². The number of carbonyl (C=O) groups is 2. The molecule has 0 saturated heterocycles. The van der Waals surface area contributed by atoms with E-state index in [1.807, 2.05) is 66.7 Å². The molecule has 3 aromatic carbocycles.